The molecule has 2 amide bonds. The zero-order valence-corrected chi connectivity index (χ0v) is 15.9. The molecule has 3 rings (SSSR count). The number of hydrogen-bond donors (Lipinski definition) is 2. The number of amides is 2. The van der Waals surface area contributed by atoms with Crippen LogP contribution >= 0.6 is 11.3 Å². The van der Waals surface area contributed by atoms with Crippen LogP contribution in [0.3, 0.4) is 0 Å². The highest BCUT2D eigenvalue weighted by atomic mass is 32.1. The maximum Gasteiger partial charge on any atom is 0.308 e. The highest BCUT2D eigenvalue weighted by molar-refractivity contribution is 7.12. The third-order valence-electron chi connectivity index (χ3n) is 3.74. The number of ether oxygens (including phenoxy) is 1. The summed E-state index contributed by atoms with van der Waals surface area (Å²) in [5.74, 6) is -0.597. The number of anilines is 1. The monoisotopic (exact) mass is 394 g/mol. The predicted octanol–water partition coefficient (Wildman–Crippen LogP) is 3.86. The van der Waals surface area contributed by atoms with Crippen LogP contribution in [0.1, 0.15) is 32.5 Å². The second-order valence-corrected chi connectivity index (χ2v) is 6.88. The molecule has 142 valence electrons. The SMILES string of the molecule is CC(=O)Oc1cccc(C(=O)Nc2cccc(CNC(=O)c3cccs3)c2)c1. The lowest BCUT2D eigenvalue weighted by atomic mass is 10.1. The van der Waals surface area contributed by atoms with Crippen molar-refractivity contribution in [2.75, 3.05) is 5.32 Å². The van der Waals surface area contributed by atoms with Crippen LogP contribution in [0.5, 0.6) is 5.75 Å². The van der Waals surface area contributed by atoms with Crippen molar-refractivity contribution in [3.63, 3.8) is 0 Å². The van der Waals surface area contributed by atoms with E-state index in [1.165, 1.54) is 24.3 Å². The van der Waals surface area contributed by atoms with Crippen LogP contribution in [0.2, 0.25) is 0 Å². The Morgan fingerprint density at radius 2 is 1.79 bits per heavy atom. The van der Waals surface area contributed by atoms with Crippen LogP contribution in [0.25, 0.3) is 0 Å². The van der Waals surface area contributed by atoms with Gasteiger partial charge in [-0.05, 0) is 47.3 Å². The molecule has 0 radical (unpaired) electrons. The van der Waals surface area contributed by atoms with Crippen LogP contribution in [0.15, 0.2) is 66.0 Å². The fourth-order valence-electron chi connectivity index (χ4n) is 2.51. The Balaban J connectivity index is 1.63. The largest absolute Gasteiger partial charge is 0.427 e. The van der Waals surface area contributed by atoms with E-state index in [0.29, 0.717) is 28.4 Å². The van der Waals surface area contributed by atoms with Gasteiger partial charge in [-0.1, -0.05) is 24.3 Å². The Hall–Kier alpha value is -3.45. The normalized spacial score (nSPS) is 10.2. The van der Waals surface area contributed by atoms with Gasteiger partial charge in [-0.2, -0.15) is 0 Å². The highest BCUT2D eigenvalue weighted by Gasteiger charge is 2.10. The lowest BCUT2D eigenvalue weighted by molar-refractivity contribution is -0.131. The van der Waals surface area contributed by atoms with Crippen LogP contribution in [-0.4, -0.2) is 17.8 Å². The Morgan fingerprint density at radius 1 is 0.964 bits per heavy atom. The van der Waals surface area contributed by atoms with Crippen molar-refractivity contribution in [2.24, 2.45) is 0 Å². The van der Waals surface area contributed by atoms with E-state index in [4.69, 9.17) is 4.74 Å². The van der Waals surface area contributed by atoms with E-state index >= 15 is 0 Å². The molecule has 6 nitrogen and oxygen atoms in total. The molecule has 28 heavy (non-hydrogen) atoms. The summed E-state index contributed by atoms with van der Waals surface area (Å²) >= 11 is 1.38. The van der Waals surface area contributed by atoms with Crippen molar-refractivity contribution in [3.8, 4) is 5.75 Å². The standard InChI is InChI=1S/C21H18N2O4S/c1-14(24)27-18-8-3-6-16(12-18)20(25)23-17-7-2-5-15(11-17)13-22-21(26)19-9-4-10-28-19/h2-12H,13H2,1H3,(H,22,26)(H,23,25). The lowest BCUT2D eigenvalue weighted by Gasteiger charge is -2.09. The highest BCUT2D eigenvalue weighted by Crippen LogP contribution is 2.17. The van der Waals surface area contributed by atoms with E-state index in [0.717, 1.165) is 5.56 Å². The van der Waals surface area contributed by atoms with Gasteiger partial charge in [0.2, 0.25) is 0 Å². The van der Waals surface area contributed by atoms with Crippen molar-refractivity contribution < 1.29 is 19.1 Å². The number of benzene rings is 2. The zero-order chi connectivity index (χ0) is 19.9. The van der Waals surface area contributed by atoms with Gasteiger partial charge in [0.25, 0.3) is 11.8 Å². The molecule has 0 fully saturated rings. The number of thiophene rings is 1. The molecule has 0 spiro atoms. The minimum absolute atomic E-state index is 0.133. The van der Waals surface area contributed by atoms with Gasteiger partial charge in [-0.15, -0.1) is 11.3 Å². The molecule has 2 N–H and O–H groups in total. The van der Waals surface area contributed by atoms with Crippen LogP contribution in [0, 0.1) is 0 Å². The molecule has 3 aromatic rings. The van der Waals surface area contributed by atoms with Crippen molar-refractivity contribution >= 4 is 34.8 Å². The molecule has 2 aromatic carbocycles. The third kappa shape index (κ3) is 5.28. The summed E-state index contributed by atoms with van der Waals surface area (Å²) in [6, 6.07) is 17.2. The molecule has 0 saturated carbocycles. The van der Waals surface area contributed by atoms with Gasteiger partial charge in [0.1, 0.15) is 5.75 Å². The number of carbonyl (C=O) groups excluding carboxylic acids is 3. The Labute approximate surface area is 166 Å². The molecule has 0 saturated heterocycles. The van der Waals surface area contributed by atoms with E-state index < -0.39 is 5.97 Å². The maximum atomic E-state index is 12.5. The van der Waals surface area contributed by atoms with E-state index in [1.54, 1.807) is 42.5 Å². The van der Waals surface area contributed by atoms with Crippen molar-refractivity contribution in [2.45, 2.75) is 13.5 Å². The summed E-state index contributed by atoms with van der Waals surface area (Å²) in [7, 11) is 0. The van der Waals surface area contributed by atoms with Crippen LogP contribution < -0.4 is 15.4 Å². The number of rotatable bonds is 6. The topological polar surface area (TPSA) is 84.5 Å². The van der Waals surface area contributed by atoms with Crippen LogP contribution in [-0.2, 0) is 11.3 Å². The molecule has 7 heteroatoms. The van der Waals surface area contributed by atoms with Gasteiger partial charge in [-0.3, -0.25) is 14.4 Å². The average molecular weight is 394 g/mol. The van der Waals surface area contributed by atoms with E-state index in [9.17, 15) is 14.4 Å². The summed E-state index contributed by atoms with van der Waals surface area (Å²) < 4.78 is 5.00. The molecular formula is C21H18N2O4S. The predicted molar refractivity (Wildman–Crippen MR) is 108 cm³/mol. The van der Waals surface area contributed by atoms with Gasteiger partial charge < -0.3 is 15.4 Å². The molecular weight excluding hydrogens is 376 g/mol. The molecule has 0 unspecified atom stereocenters. The number of nitrogens with one attached hydrogen (secondary N) is 2. The first kappa shape index (κ1) is 19.3. The van der Waals surface area contributed by atoms with Crippen LogP contribution in [0.4, 0.5) is 5.69 Å². The fourth-order valence-corrected chi connectivity index (χ4v) is 3.15. The quantitative estimate of drug-likeness (QED) is 0.491. The van der Waals surface area contributed by atoms with Crippen molar-refractivity contribution in [1.29, 1.82) is 0 Å². The fraction of sp³-hybridized carbons (Fsp3) is 0.0952. The number of hydrogen-bond acceptors (Lipinski definition) is 5. The summed E-state index contributed by atoms with van der Waals surface area (Å²) in [5.41, 5.74) is 1.83. The molecule has 0 bridgehead atoms. The molecule has 0 aliphatic rings. The molecule has 0 atom stereocenters. The molecule has 0 aliphatic heterocycles. The molecule has 1 aromatic heterocycles. The zero-order valence-electron chi connectivity index (χ0n) is 15.1. The summed E-state index contributed by atoms with van der Waals surface area (Å²) in [6.07, 6.45) is 0. The van der Waals surface area contributed by atoms with Gasteiger partial charge in [0.15, 0.2) is 0 Å². The third-order valence-corrected chi connectivity index (χ3v) is 4.61. The van der Waals surface area contributed by atoms with Gasteiger partial charge >= 0.3 is 5.97 Å². The first-order valence-corrected chi connectivity index (χ1v) is 9.40. The van der Waals surface area contributed by atoms with Gasteiger partial charge in [-0.25, -0.2) is 0 Å². The smallest absolute Gasteiger partial charge is 0.308 e. The number of carbonyl (C=O) groups is 3. The van der Waals surface area contributed by atoms with Crippen molar-refractivity contribution in [1.82, 2.24) is 5.32 Å². The van der Waals surface area contributed by atoms with E-state index in [1.807, 2.05) is 17.5 Å². The lowest BCUT2D eigenvalue weighted by Crippen LogP contribution is -2.21. The first-order chi connectivity index (χ1) is 13.5. The average Bonchev–Trinajstić information content (AvgIpc) is 3.21. The second kappa shape index (κ2) is 8.96. The van der Waals surface area contributed by atoms with E-state index in [2.05, 4.69) is 10.6 Å². The van der Waals surface area contributed by atoms with Gasteiger partial charge in [0, 0.05) is 24.7 Å². The summed E-state index contributed by atoms with van der Waals surface area (Å²) in [4.78, 5) is 36.2. The maximum absolute atomic E-state index is 12.5. The Bertz CT molecular complexity index is 999. The Kier molecular flexibility index (Phi) is 6.18. The van der Waals surface area contributed by atoms with Crippen molar-refractivity contribution in [3.05, 3.63) is 82.0 Å². The summed E-state index contributed by atoms with van der Waals surface area (Å²) in [5, 5.41) is 7.50. The summed E-state index contributed by atoms with van der Waals surface area (Å²) in [6.45, 7) is 1.65. The number of esters is 1. The first-order valence-electron chi connectivity index (χ1n) is 8.52. The minimum atomic E-state index is -0.449. The molecule has 0 aliphatic carbocycles. The Morgan fingerprint density at radius 3 is 2.54 bits per heavy atom. The second-order valence-electron chi connectivity index (χ2n) is 5.94. The van der Waals surface area contributed by atoms with E-state index in [-0.39, 0.29) is 11.8 Å². The van der Waals surface area contributed by atoms with Gasteiger partial charge in [0.05, 0.1) is 4.88 Å². The minimum Gasteiger partial charge on any atom is -0.427 e. The molecule has 1 heterocycles.